The summed E-state index contributed by atoms with van der Waals surface area (Å²) < 4.78 is 0. The molecule has 0 spiro atoms. The first-order valence-corrected chi connectivity index (χ1v) is 9.38. The van der Waals surface area contributed by atoms with E-state index in [1.807, 2.05) is 0 Å². The molecule has 1 aliphatic heterocycles. The van der Waals surface area contributed by atoms with Gasteiger partial charge in [0.1, 0.15) is 4.87 Å². The van der Waals surface area contributed by atoms with Crippen LogP contribution in [0, 0.1) is 0 Å². The van der Waals surface area contributed by atoms with Gasteiger partial charge in [-0.3, -0.25) is 0 Å². The number of alkyl halides is 1. The molecule has 148 valence electrons. The highest BCUT2D eigenvalue weighted by Crippen LogP contribution is 2.54. The van der Waals surface area contributed by atoms with Crippen molar-refractivity contribution < 1.29 is 0 Å². The number of anilines is 3. The van der Waals surface area contributed by atoms with Gasteiger partial charge in [0, 0.05) is 48.8 Å². The number of hydrogen-bond donors (Lipinski definition) is 0. The van der Waals surface area contributed by atoms with Crippen LogP contribution in [0.15, 0.2) is 72.8 Å². The molecule has 3 aromatic rings. The quantitative estimate of drug-likeness (QED) is 0.428. The maximum absolute atomic E-state index is 7.48. The fraction of sp³-hybridized carbons (Fsp3) is 0.217. The van der Waals surface area contributed by atoms with Gasteiger partial charge >= 0.3 is 0 Å². The maximum Gasteiger partial charge on any atom is 0.123 e. The van der Waals surface area contributed by atoms with E-state index in [-0.39, 0.29) is 24.8 Å². The van der Waals surface area contributed by atoms with E-state index in [9.17, 15) is 0 Å². The van der Waals surface area contributed by atoms with E-state index in [4.69, 9.17) is 11.6 Å². The second-order valence-corrected chi connectivity index (χ2v) is 7.45. The molecule has 0 N–H and O–H groups in total. The van der Waals surface area contributed by atoms with Gasteiger partial charge in [-0.2, -0.15) is 0 Å². The van der Waals surface area contributed by atoms with Gasteiger partial charge < -0.3 is 9.80 Å². The standard InChI is InChI=1S/C23H23ClN2.2ClH/c1-4-26-21-11-7-5-9-19(21)23(24,20-10-6-8-12-22(20)26)17-13-15-18(16-14-17)25(2)3;;/h5-16H,4H2,1-3H3;2*1H. The average Bonchev–Trinajstić information content (AvgIpc) is 2.68. The highest BCUT2D eigenvalue weighted by molar-refractivity contribution is 6.29. The first-order chi connectivity index (χ1) is 12.6. The smallest absolute Gasteiger partial charge is 0.123 e. The van der Waals surface area contributed by atoms with E-state index in [1.165, 1.54) is 17.1 Å². The number of para-hydroxylation sites is 2. The molecule has 0 bridgehead atoms. The fourth-order valence-electron chi connectivity index (χ4n) is 3.92. The lowest BCUT2D eigenvalue weighted by molar-refractivity contribution is 0.826. The van der Waals surface area contributed by atoms with E-state index in [0.29, 0.717) is 0 Å². The van der Waals surface area contributed by atoms with Gasteiger partial charge in [0.15, 0.2) is 0 Å². The minimum Gasteiger partial charge on any atom is -0.378 e. The van der Waals surface area contributed by atoms with Crippen molar-refractivity contribution >= 4 is 53.5 Å². The second kappa shape index (κ2) is 8.65. The minimum atomic E-state index is -0.691. The van der Waals surface area contributed by atoms with Crippen LogP contribution in [0.1, 0.15) is 23.6 Å². The van der Waals surface area contributed by atoms with Crippen LogP contribution >= 0.6 is 36.4 Å². The van der Waals surface area contributed by atoms with Gasteiger partial charge in [0.2, 0.25) is 0 Å². The van der Waals surface area contributed by atoms with Crippen LogP contribution in [0.25, 0.3) is 0 Å². The summed E-state index contributed by atoms with van der Waals surface area (Å²) in [7, 11) is 4.10. The van der Waals surface area contributed by atoms with Crippen molar-refractivity contribution in [3.63, 3.8) is 0 Å². The molecular formula is C23H25Cl3N2. The molecule has 1 aliphatic rings. The lowest BCUT2D eigenvalue weighted by Gasteiger charge is -2.42. The Kier molecular flexibility index (Phi) is 6.93. The molecule has 0 saturated carbocycles. The van der Waals surface area contributed by atoms with E-state index < -0.39 is 4.87 Å². The van der Waals surface area contributed by atoms with Crippen molar-refractivity contribution in [1.82, 2.24) is 0 Å². The van der Waals surface area contributed by atoms with E-state index in [2.05, 4.69) is 104 Å². The van der Waals surface area contributed by atoms with Crippen LogP contribution < -0.4 is 9.80 Å². The topological polar surface area (TPSA) is 6.48 Å². The monoisotopic (exact) mass is 434 g/mol. The third-order valence-electron chi connectivity index (χ3n) is 5.23. The summed E-state index contributed by atoms with van der Waals surface area (Å²) in [6.07, 6.45) is 0. The van der Waals surface area contributed by atoms with E-state index >= 15 is 0 Å². The average molecular weight is 436 g/mol. The molecule has 0 aromatic heterocycles. The summed E-state index contributed by atoms with van der Waals surface area (Å²) >= 11 is 7.48. The first-order valence-electron chi connectivity index (χ1n) is 9.00. The highest BCUT2D eigenvalue weighted by Gasteiger charge is 2.42. The molecule has 2 nitrogen and oxygen atoms in total. The van der Waals surface area contributed by atoms with E-state index in [0.717, 1.165) is 23.2 Å². The molecule has 0 unspecified atom stereocenters. The third-order valence-corrected chi connectivity index (χ3v) is 5.86. The zero-order chi connectivity index (χ0) is 18.3. The van der Waals surface area contributed by atoms with Gasteiger partial charge in [-0.25, -0.2) is 0 Å². The van der Waals surface area contributed by atoms with Crippen LogP contribution in [0.3, 0.4) is 0 Å². The van der Waals surface area contributed by atoms with Crippen LogP contribution in [0.5, 0.6) is 0 Å². The summed E-state index contributed by atoms with van der Waals surface area (Å²) in [5.74, 6) is 0. The number of rotatable bonds is 3. The van der Waals surface area contributed by atoms with Crippen molar-refractivity contribution in [2.24, 2.45) is 0 Å². The molecule has 3 aromatic carbocycles. The molecular weight excluding hydrogens is 411 g/mol. The zero-order valence-electron chi connectivity index (χ0n) is 16.2. The second-order valence-electron chi connectivity index (χ2n) is 6.88. The maximum atomic E-state index is 7.48. The Morgan fingerprint density at radius 1 is 0.786 bits per heavy atom. The van der Waals surface area contributed by atoms with Crippen LogP contribution in [-0.2, 0) is 4.87 Å². The molecule has 0 saturated heterocycles. The molecule has 5 heteroatoms. The third kappa shape index (κ3) is 3.34. The Morgan fingerprint density at radius 3 is 1.68 bits per heavy atom. The van der Waals surface area contributed by atoms with Gasteiger partial charge in [0.05, 0.1) is 0 Å². The van der Waals surface area contributed by atoms with Gasteiger partial charge in [0.25, 0.3) is 0 Å². The predicted molar refractivity (Wildman–Crippen MR) is 127 cm³/mol. The minimum absolute atomic E-state index is 0. The molecule has 0 amide bonds. The molecule has 0 atom stereocenters. The Balaban J connectivity index is 0.00000140. The highest BCUT2D eigenvalue weighted by atomic mass is 35.5. The predicted octanol–water partition coefficient (Wildman–Crippen LogP) is 6.60. The van der Waals surface area contributed by atoms with Crippen LogP contribution in [-0.4, -0.2) is 20.6 Å². The van der Waals surface area contributed by atoms with E-state index in [1.54, 1.807) is 0 Å². The van der Waals surface area contributed by atoms with Gasteiger partial charge in [-0.15, -0.1) is 36.4 Å². The number of benzene rings is 3. The summed E-state index contributed by atoms with van der Waals surface area (Å²) in [5.41, 5.74) is 6.91. The summed E-state index contributed by atoms with van der Waals surface area (Å²) in [6, 6.07) is 25.5. The largest absolute Gasteiger partial charge is 0.378 e. The fourth-order valence-corrected chi connectivity index (χ4v) is 4.36. The Bertz CT molecular complexity index is 891. The number of hydrogen-bond acceptors (Lipinski definition) is 2. The molecule has 1 heterocycles. The SMILES string of the molecule is CCN1c2ccccc2C(Cl)(c2ccc(N(C)C)cc2)c2ccccc21.Cl.Cl. The Morgan fingerprint density at radius 2 is 1.25 bits per heavy atom. The van der Waals surface area contributed by atoms with Gasteiger partial charge in [-0.1, -0.05) is 48.5 Å². The van der Waals surface area contributed by atoms with Crippen molar-refractivity contribution in [2.45, 2.75) is 11.8 Å². The Labute approximate surface area is 184 Å². The van der Waals surface area contributed by atoms with Crippen LogP contribution in [0.4, 0.5) is 17.1 Å². The van der Waals surface area contributed by atoms with Crippen molar-refractivity contribution in [3.8, 4) is 0 Å². The van der Waals surface area contributed by atoms with Crippen LogP contribution in [0.2, 0.25) is 0 Å². The summed E-state index contributed by atoms with van der Waals surface area (Å²) in [4.78, 5) is 3.76. The van der Waals surface area contributed by atoms with Crippen molar-refractivity contribution in [1.29, 1.82) is 0 Å². The first kappa shape index (κ1) is 22.4. The van der Waals surface area contributed by atoms with Crippen molar-refractivity contribution in [3.05, 3.63) is 89.5 Å². The summed E-state index contributed by atoms with van der Waals surface area (Å²) in [6.45, 7) is 3.08. The number of halogens is 3. The molecule has 0 aliphatic carbocycles. The normalized spacial score (nSPS) is 13.5. The Hall–Kier alpha value is -1.87. The number of fused-ring (bicyclic) bond motifs is 2. The lowest BCUT2D eigenvalue weighted by Crippen LogP contribution is -2.34. The number of nitrogens with zero attached hydrogens (tertiary/aromatic N) is 2. The summed E-state index contributed by atoms with van der Waals surface area (Å²) in [5, 5.41) is 0. The van der Waals surface area contributed by atoms with Crippen molar-refractivity contribution in [2.75, 3.05) is 30.4 Å². The molecule has 0 radical (unpaired) electrons. The zero-order valence-corrected chi connectivity index (χ0v) is 18.6. The molecule has 0 fully saturated rings. The lowest BCUT2D eigenvalue weighted by atomic mass is 9.79. The molecule has 4 rings (SSSR count). The molecule has 28 heavy (non-hydrogen) atoms. The van der Waals surface area contributed by atoms with Gasteiger partial charge in [-0.05, 0) is 36.8 Å².